The highest BCUT2D eigenvalue weighted by molar-refractivity contribution is 5.79. The quantitative estimate of drug-likeness (QED) is 0.790. The normalized spacial score (nSPS) is 26.9. The second-order valence-corrected chi connectivity index (χ2v) is 5.17. The van der Waals surface area contributed by atoms with Gasteiger partial charge in [-0.1, -0.05) is 12.1 Å². The highest BCUT2D eigenvalue weighted by Gasteiger charge is 2.25. The second-order valence-electron chi connectivity index (χ2n) is 5.17. The Morgan fingerprint density at radius 1 is 1.32 bits per heavy atom. The van der Waals surface area contributed by atoms with E-state index in [9.17, 15) is 4.79 Å². The maximum atomic E-state index is 10.9. The van der Waals surface area contributed by atoms with Crippen LogP contribution in [0.25, 0.3) is 0 Å². The first-order valence-corrected chi connectivity index (χ1v) is 6.85. The van der Waals surface area contributed by atoms with Crippen molar-refractivity contribution in [3.05, 3.63) is 29.8 Å². The van der Waals surface area contributed by atoms with E-state index in [0.717, 1.165) is 25.9 Å². The minimum Gasteiger partial charge on any atom is -0.487 e. The number of aldehydes is 1. The molecule has 104 valence electrons. The molecule has 0 radical (unpaired) electrons. The SMILES string of the molecule is C[C@@H]1C[NH+](CCOc2ccccc2C=O)C[C@@H](C)O1. The van der Waals surface area contributed by atoms with Crippen LogP contribution in [0.1, 0.15) is 24.2 Å². The number of ether oxygens (including phenoxy) is 2. The van der Waals surface area contributed by atoms with Gasteiger partial charge in [-0.2, -0.15) is 0 Å². The van der Waals surface area contributed by atoms with E-state index in [0.29, 0.717) is 30.1 Å². The summed E-state index contributed by atoms with van der Waals surface area (Å²) in [5, 5.41) is 0. The molecule has 0 aromatic heterocycles. The van der Waals surface area contributed by atoms with Gasteiger partial charge in [-0.25, -0.2) is 0 Å². The monoisotopic (exact) mass is 264 g/mol. The summed E-state index contributed by atoms with van der Waals surface area (Å²) in [5.74, 6) is 0.672. The molecule has 4 heteroatoms. The van der Waals surface area contributed by atoms with Crippen molar-refractivity contribution in [3.8, 4) is 5.75 Å². The van der Waals surface area contributed by atoms with Gasteiger partial charge in [-0.15, -0.1) is 0 Å². The van der Waals surface area contributed by atoms with Gasteiger partial charge in [0.2, 0.25) is 0 Å². The van der Waals surface area contributed by atoms with Crippen molar-refractivity contribution in [3.63, 3.8) is 0 Å². The maximum Gasteiger partial charge on any atom is 0.153 e. The highest BCUT2D eigenvalue weighted by atomic mass is 16.5. The lowest BCUT2D eigenvalue weighted by Crippen LogP contribution is -3.16. The predicted molar refractivity (Wildman–Crippen MR) is 72.9 cm³/mol. The Labute approximate surface area is 114 Å². The number of nitrogens with one attached hydrogen (secondary N) is 1. The third-order valence-electron chi connectivity index (χ3n) is 3.38. The van der Waals surface area contributed by atoms with Crippen LogP contribution in [-0.4, -0.2) is 44.7 Å². The van der Waals surface area contributed by atoms with E-state index < -0.39 is 0 Å². The largest absolute Gasteiger partial charge is 0.487 e. The average molecular weight is 264 g/mol. The van der Waals surface area contributed by atoms with Crippen molar-refractivity contribution in [2.24, 2.45) is 0 Å². The number of quaternary nitrogens is 1. The number of carbonyl (C=O) groups is 1. The first-order chi connectivity index (χ1) is 9.19. The molecule has 1 fully saturated rings. The Balaban J connectivity index is 1.81. The zero-order valence-corrected chi connectivity index (χ0v) is 11.6. The van der Waals surface area contributed by atoms with Crippen LogP contribution in [-0.2, 0) is 4.74 Å². The lowest BCUT2D eigenvalue weighted by atomic mass is 10.2. The zero-order chi connectivity index (χ0) is 13.7. The lowest BCUT2D eigenvalue weighted by Gasteiger charge is -2.32. The molecule has 1 aromatic rings. The van der Waals surface area contributed by atoms with Crippen molar-refractivity contribution >= 4 is 6.29 Å². The Hall–Kier alpha value is -1.39. The fourth-order valence-corrected chi connectivity index (χ4v) is 2.61. The molecule has 0 saturated carbocycles. The van der Waals surface area contributed by atoms with Gasteiger partial charge in [0, 0.05) is 0 Å². The van der Waals surface area contributed by atoms with Gasteiger partial charge in [-0.3, -0.25) is 4.79 Å². The summed E-state index contributed by atoms with van der Waals surface area (Å²) in [4.78, 5) is 12.4. The Kier molecular flexibility index (Phi) is 4.93. The molecule has 1 aliphatic rings. The molecule has 1 N–H and O–H groups in total. The van der Waals surface area contributed by atoms with Crippen molar-refractivity contribution in [1.82, 2.24) is 0 Å². The van der Waals surface area contributed by atoms with Crippen LogP contribution in [0.5, 0.6) is 5.75 Å². The van der Waals surface area contributed by atoms with Gasteiger partial charge in [0.25, 0.3) is 0 Å². The van der Waals surface area contributed by atoms with Crippen LogP contribution in [0.2, 0.25) is 0 Å². The second kappa shape index (κ2) is 6.68. The van der Waals surface area contributed by atoms with E-state index in [4.69, 9.17) is 9.47 Å². The van der Waals surface area contributed by atoms with Gasteiger partial charge in [0.05, 0.1) is 5.56 Å². The summed E-state index contributed by atoms with van der Waals surface area (Å²) in [6.07, 6.45) is 1.45. The molecule has 1 aliphatic heterocycles. The van der Waals surface area contributed by atoms with Gasteiger partial charge >= 0.3 is 0 Å². The van der Waals surface area contributed by atoms with Crippen LogP contribution in [0.3, 0.4) is 0 Å². The number of benzene rings is 1. The molecule has 2 rings (SSSR count). The molecule has 0 amide bonds. The van der Waals surface area contributed by atoms with Gasteiger partial charge in [0.1, 0.15) is 44.2 Å². The third kappa shape index (κ3) is 4.04. The van der Waals surface area contributed by atoms with Crippen LogP contribution >= 0.6 is 0 Å². The van der Waals surface area contributed by atoms with E-state index in [1.165, 1.54) is 4.90 Å². The van der Waals surface area contributed by atoms with E-state index in [1.807, 2.05) is 18.2 Å². The summed E-state index contributed by atoms with van der Waals surface area (Å²) < 4.78 is 11.4. The van der Waals surface area contributed by atoms with E-state index in [1.54, 1.807) is 6.07 Å². The minimum absolute atomic E-state index is 0.306. The Morgan fingerprint density at radius 3 is 2.68 bits per heavy atom. The van der Waals surface area contributed by atoms with E-state index >= 15 is 0 Å². The molecular formula is C15H22NO3+. The first kappa shape index (κ1) is 14.0. The van der Waals surface area contributed by atoms with E-state index in [-0.39, 0.29) is 0 Å². The smallest absolute Gasteiger partial charge is 0.153 e. The van der Waals surface area contributed by atoms with Crippen LogP contribution in [0.4, 0.5) is 0 Å². The fraction of sp³-hybridized carbons (Fsp3) is 0.533. The molecular weight excluding hydrogens is 242 g/mol. The number of rotatable bonds is 5. The number of morpholine rings is 1. The molecule has 4 nitrogen and oxygen atoms in total. The van der Waals surface area contributed by atoms with Crippen LogP contribution in [0, 0.1) is 0 Å². The van der Waals surface area contributed by atoms with Crippen molar-refractivity contribution in [2.75, 3.05) is 26.2 Å². The molecule has 0 unspecified atom stereocenters. The standard InChI is InChI=1S/C15H21NO3/c1-12-9-16(10-13(2)19-12)7-8-18-15-6-4-3-5-14(15)11-17/h3-6,11-13H,7-10H2,1-2H3/p+1/t12-,13-/m1/s1. The molecule has 0 aliphatic carbocycles. The molecule has 2 atom stereocenters. The predicted octanol–water partition coefficient (Wildman–Crippen LogP) is 0.570. The number of hydrogen-bond donors (Lipinski definition) is 1. The number of para-hydroxylation sites is 1. The van der Waals surface area contributed by atoms with Crippen molar-refractivity contribution < 1.29 is 19.2 Å². The van der Waals surface area contributed by atoms with Crippen LogP contribution < -0.4 is 9.64 Å². The van der Waals surface area contributed by atoms with E-state index in [2.05, 4.69) is 13.8 Å². The molecule has 1 heterocycles. The number of hydrogen-bond acceptors (Lipinski definition) is 3. The summed E-state index contributed by atoms with van der Waals surface area (Å²) in [6, 6.07) is 7.33. The first-order valence-electron chi connectivity index (χ1n) is 6.85. The minimum atomic E-state index is 0.306. The van der Waals surface area contributed by atoms with Gasteiger partial charge < -0.3 is 14.4 Å². The molecule has 1 saturated heterocycles. The number of carbonyl (C=O) groups excluding carboxylic acids is 1. The van der Waals surface area contributed by atoms with Crippen LogP contribution in [0.15, 0.2) is 24.3 Å². The van der Waals surface area contributed by atoms with Crippen molar-refractivity contribution in [1.29, 1.82) is 0 Å². The summed E-state index contributed by atoms with van der Waals surface area (Å²) in [7, 11) is 0. The highest BCUT2D eigenvalue weighted by Crippen LogP contribution is 2.14. The maximum absolute atomic E-state index is 10.9. The molecule has 0 bridgehead atoms. The fourth-order valence-electron chi connectivity index (χ4n) is 2.61. The third-order valence-corrected chi connectivity index (χ3v) is 3.38. The topological polar surface area (TPSA) is 40.0 Å². The van der Waals surface area contributed by atoms with Crippen molar-refractivity contribution in [2.45, 2.75) is 26.1 Å². The van der Waals surface area contributed by atoms with Gasteiger partial charge in [-0.05, 0) is 26.0 Å². The molecule has 19 heavy (non-hydrogen) atoms. The summed E-state index contributed by atoms with van der Waals surface area (Å²) in [6.45, 7) is 7.81. The Bertz CT molecular complexity index is 412. The lowest BCUT2D eigenvalue weighted by molar-refractivity contribution is -0.915. The van der Waals surface area contributed by atoms with Gasteiger partial charge in [0.15, 0.2) is 6.29 Å². The average Bonchev–Trinajstić information content (AvgIpc) is 2.38. The zero-order valence-electron chi connectivity index (χ0n) is 11.6. The molecule has 0 spiro atoms. The summed E-state index contributed by atoms with van der Waals surface area (Å²) >= 11 is 0. The summed E-state index contributed by atoms with van der Waals surface area (Å²) in [5.41, 5.74) is 0.612. The Morgan fingerprint density at radius 2 is 2.00 bits per heavy atom. The molecule has 1 aromatic carbocycles.